The minimum atomic E-state index is -0.748. The monoisotopic (exact) mass is 354 g/mol. The topological polar surface area (TPSA) is 70.9 Å². The molecule has 0 fully saturated rings. The van der Waals surface area contributed by atoms with Crippen molar-refractivity contribution in [3.63, 3.8) is 0 Å². The Morgan fingerprint density at radius 1 is 1.12 bits per heavy atom. The van der Waals surface area contributed by atoms with Crippen LogP contribution < -0.4 is 5.32 Å². The van der Waals surface area contributed by atoms with E-state index in [9.17, 15) is 9.90 Å². The maximum atomic E-state index is 11.8. The molecule has 25 heavy (non-hydrogen) atoms. The number of halogens is 1. The molecule has 0 heterocycles. The molecule has 0 aliphatic heterocycles. The van der Waals surface area contributed by atoms with Crippen molar-refractivity contribution in [1.82, 2.24) is 0 Å². The van der Waals surface area contributed by atoms with E-state index >= 15 is 0 Å². The second kappa shape index (κ2) is 7.23. The van der Waals surface area contributed by atoms with Crippen molar-refractivity contribution < 1.29 is 14.7 Å². The van der Waals surface area contributed by atoms with Crippen molar-refractivity contribution in [2.24, 2.45) is 5.16 Å². The van der Waals surface area contributed by atoms with E-state index in [1.54, 1.807) is 37.3 Å². The number of phenolic OH excluding ortho intramolecular Hbond substituents is 1. The molecule has 0 atom stereocenters. The fraction of sp³-hybridized carbons (Fsp3) is 0.0526. The molecule has 0 aliphatic carbocycles. The molecule has 0 aromatic heterocycles. The number of carbonyl (C=O) groups is 1. The SMILES string of the molecule is CC(=NOC(=O)Nc1cccc(Cl)c1)c1ccc2ccccc2c1O. The molecular formula is C19H15ClN2O3. The molecular weight excluding hydrogens is 340 g/mol. The average Bonchev–Trinajstić information content (AvgIpc) is 2.60. The summed E-state index contributed by atoms with van der Waals surface area (Å²) < 4.78 is 0. The van der Waals surface area contributed by atoms with E-state index in [0.717, 1.165) is 5.39 Å². The Bertz CT molecular complexity index is 970. The van der Waals surface area contributed by atoms with Gasteiger partial charge in [-0.3, -0.25) is 10.2 Å². The highest BCUT2D eigenvalue weighted by Crippen LogP contribution is 2.29. The van der Waals surface area contributed by atoms with Gasteiger partial charge in [0.15, 0.2) is 0 Å². The van der Waals surface area contributed by atoms with Gasteiger partial charge in [0.2, 0.25) is 0 Å². The Balaban J connectivity index is 1.75. The molecule has 3 rings (SSSR count). The number of carbonyl (C=O) groups excluding carboxylic acids is 1. The maximum absolute atomic E-state index is 11.8. The van der Waals surface area contributed by atoms with E-state index in [-0.39, 0.29) is 5.75 Å². The molecule has 2 N–H and O–H groups in total. The van der Waals surface area contributed by atoms with Crippen LogP contribution in [0.4, 0.5) is 10.5 Å². The summed E-state index contributed by atoms with van der Waals surface area (Å²) in [6, 6.07) is 17.7. The molecule has 0 aliphatic rings. The van der Waals surface area contributed by atoms with Crippen molar-refractivity contribution in [2.45, 2.75) is 6.92 Å². The van der Waals surface area contributed by atoms with Gasteiger partial charge in [0, 0.05) is 21.7 Å². The van der Waals surface area contributed by atoms with Crippen LogP contribution in [0.2, 0.25) is 5.02 Å². The van der Waals surface area contributed by atoms with Crippen molar-refractivity contribution in [2.75, 3.05) is 5.32 Å². The Morgan fingerprint density at radius 3 is 2.72 bits per heavy atom. The van der Waals surface area contributed by atoms with Crippen LogP contribution in [0.15, 0.2) is 65.8 Å². The highest BCUT2D eigenvalue weighted by atomic mass is 35.5. The van der Waals surface area contributed by atoms with Crippen LogP contribution in [0, 0.1) is 0 Å². The van der Waals surface area contributed by atoms with Gasteiger partial charge in [-0.15, -0.1) is 0 Å². The second-order valence-corrected chi connectivity index (χ2v) is 5.81. The predicted molar refractivity (Wildman–Crippen MR) is 99.4 cm³/mol. The number of aromatic hydroxyl groups is 1. The van der Waals surface area contributed by atoms with E-state index in [4.69, 9.17) is 16.4 Å². The summed E-state index contributed by atoms with van der Waals surface area (Å²) in [5.74, 6) is 0.0956. The van der Waals surface area contributed by atoms with Gasteiger partial charge in [-0.2, -0.15) is 0 Å². The Labute approximate surface area is 149 Å². The summed E-state index contributed by atoms with van der Waals surface area (Å²) in [4.78, 5) is 16.7. The number of nitrogens with zero attached hydrogens (tertiary/aromatic N) is 1. The number of benzene rings is 3. The number of amides is 1. The number of oxime groups is 1. The van der Waals surface area contributed by atoms with Gasteiger partial charge in [-0.05, 0) is 36.6 Å². The normalized spacial score (nSPS) is 11.4. The fourth-order valence-electron chi connectivity index (χ4n) is 2.41. The van der Waals surface area contributed by atoms with Gasteiger partial charge >= 0.3 is 6.09 Å². The van der Waals surface area contributed by atoms with Crippen LogP contribution in [0.3, 0.4) is 0 Å². The minimum absolute atomic E-state index is 0.0956. The zero-order chi connectivity index (χ0) is 17.8. The molecule has 0 radical (unpaired) electrons. The van der Waals surface area contributed by atoms with Crippen LogP contribution in [0.1, 0.15) is 12.5 Å². The van der Waals surface area contributed by atoms with E-state index in [1.165, 1.54) is 0 Å². The van der Waals surface area contributed by atoms with Crippen LogP contribution in [0.25, 0.3) is 10.8 Å². The summed E-state index contributed by atoms with van der Waals surface area (Å²) >= 11 is 5.85. The van der Waals surface area contributed by atoms with E-state index in [1.807, 2.05) is 30.3 Å². The summed E-state index contributed by atoms with van der Waals surface area (Å²) in [7, 11) is 0. The lowest BCUT2D eigenvalue weighted by Crippen LogP contribution is -2.12. The lowest BCUT2D eigenvalue weighted by molar-refractivity contribution is 0.166. The van der Waals surface area contributed by atoms with Crippen molar-refractivity contribution >= 4 is 39.9 Å². The highest BCUT2D eigenvalue weighted by molar-refractivity contribution is 6.30. The van der Waals surface area contributed by atoms with Crippen LogP contribution in [-0.2, 0) is 4.84 Å². The lowest BCUT2D eigenvalue weighted by atomic mass is 10.0. The van der Waals surface area contributed by atoms with E-state index < -0.39 is 6.09 Å². The minimum Gasteiger partial charge on any atom is -0.507 e. The zero-order valence-electron chi connectivity index (χ0n) is 13.4. The third-order valence-electron chi connectivity index (χ3n) is 3.63. The molecule has 3 aromatic rings. The summed E-state index contributed by atoms with van der Waals surface area (Å²) in [5, 5.41) is 18.8. The first-order valence-electron chi connectivity index (χ1n) is 7.54. The third kappa shape index (κ3) is 3.89. The molecule has 1 amide bonds. The van der Waals surface area contributed by atoms with Crippen molar-refractivity contribution in [1.29, 1.82) is 0 Å². The largest absolute Gasteiger partial charge is 0.507 e. The van der Waals surface area contributed by atoms with Crippen molar-refractivity contribution in [3.05, 3.63) is 71.2 Å². The summed E-state index contributed by atoms with van der Waals surface area (Å²) in [6.07, 6.45) is -0.748. The first-order chi connectivity index (χ1) is 12.0. The number of anilines is 1. The molecule has 5 nitrogen and oxygen atoms in total. The van der Waals surface area contributed by atoms with E-state index in [0.29, 0.717) is 27.4 Å². The quantitative estimate of drug-likeness (QED) is 0.387. The number of nitrogens with one attached hydrogen (secondary N) is 1. The summed E-state index contributed by atoms with van der Waals surface area (Å²) in [6.45, 7) is 1.65. The molecule has 0 spiro atoms. The molecule has 3 aromatic carbocycles. The molecule has 0 unspecified atom stereocenters. The lowest BCUT2D eigenvalue weighted by Gasteiger charge is -2.08. The second-order valence-electron chi connectivity index (χ2n) is 5.37. The Morgan fingerprint density at radius 2 is 1.92 bits per heavy atom. The fourth-order valence-corrected chi connectivity index (χ4v) is 2.60. The number of hydrogen-bond donors (Lipinski definition) is 2. The molecule has 0 saturated heterocycles. The number of fused-ring (bicyclic) bond motifs is 1. The van der Waals surface area contributed by atoms with E-state index in [2.05, 4.69) is 10.5 Å². The molecule has 6 heteroatoms. The van der Waals surface area contributed by atoms with Gasteiger partial charge < -0.3 is 5.11 Å². The first kappa shape index (κ1) is 16.8. The highest BCUT2D eigenvalue weighted by Gasteiger charge is 2.10. The number of phenols is 1. The van der Waals surface area contributed by atoms with Crippen LogP contribution in [-0.4, -0.2) is 16.9 Å². The van der Waals surface area contributed by atoms with Gasteiger partial charge in [0.25, 0.3) is 0 Å². The van der Waals surface area contributed by atoms with Gasteiger partial charge in [-0.1, -0.05) is 53.2 Å². The zero-order valence-corrected chi connectivity index (χ0v) is 14.1. The smallest absolute Gasteiger partial charge is 0.437 e. The van der Waals surface area contributed by atoms with Crippen LogP contribution >= 0.6 is 11.6 Å². The Kier molecular flexibility index (Phi) is 4.86. The Hall–Kier alpha value is -3.05. The maximum Gasteiger partial charge on any atom is 0.437 e. The van der Waals surface area contributed by atoms with Crippen molar-refractivity contribution in [3.8, 4) is 5.75 Å². The first-order valence-corrected chi connectivity index (χ1v) is 7.91. The van der Waals surface area contributed by atoms with Gasteiger partial charge in [0.1, 0.15) is 5.75 Å². The average molecular weight is 355 g/mol. The van der Waals surface area contributed by atoms with Gasteiger partial charge in [0.05, 0.1) is 5.71 Å². The van der Waals surface area contributed by atoms with Gasteiger partial charge in [-0.25, -0.2) is 4.79 Å². The predicted octanol–water partition coefficient (Wildman–Crippen LogP) is 5.17. The molecule has 0 saturated carbocycles. The number of hydrogen-bond acceptors (Lipinski definition) is 4. The standard InChI is InChI=1S/C19H15ClN2O3/c1-12(16-10-9-13-5-2-3-8-17(13)18(16)23)22-25-19(24)21-15-7-4-6-14(20)11-15/h2-11,23H,1H3,(H,21,24). The molecule has 126 valence electrons. The molecule has 0 bridgehead atoms. The third-order valence-corrected chi connectivity index (χ3v) is 3.86. The van der Waals surface area contributed by atoms with Crippen LogP contribution in [0.5, 0.6) is 5.75 Å². The summed E-state index contributed by atoms with van der Waals surface area (Å²) in [5.41, 5.74) is 1.37. The number of rotatable bonds is 3.